The Kier molecular flexibility index (Phi) is 6.17. The minimum Gasteiger partial charge on any atom is -0.379 e. The fourth-order valence-electron chi connectivity index (χ4n) is 3.68. The Morgan fingerprint density at radius 2 is 1.69 bits per heavy atom. The Morgan fingerprint density at radius 1 is 1.12 bits per heavy atom. The number of morpholine rings is 1. The van der Waals surface area contributed by atoms with Crippen LogP contribution in [0.1, 0.15) is 20.3 Å². The maximum atomic E-state index is 12.7. The summed E-state index contributed by atoms with van der Waals surface area (Å²) >= 11 is 5.55. The average Bonchev–Trinajstić information content (AvgIpc) is 2.62. The van der Waals surface area contributed by atoms with Crippen LogP contribution in [0, 0.1) is 11.8 Å². The Balaban J connectivity index is 1.65. The first-order chi connectivity index (χ1) is 12.4. The van der Waals surface area contributed by atoms with Gasteiger partial charge in [0.05, 0.1) is 18.1 Å². The van der Waals surface area contributed by atoms with Gasteiger partial charge in [0.15, 0.2) is 5.11 Å². The zero-order valence-electron chi connectivity index (χ0n) is 15.3. The lowest BCUT2D eigenvalue weighted by Crippen LogP contribution is -2.44. The van der Waals surface area contributed by atoms with Crippen molar-refractivity contribution in [3.8, 4) is 0 Å². The van der Waals surface area contributed by atoms with Crippen molar-refractivity contribution in [2.45, 2.75) is 25.2 Å². The second kappa shape index (κ2) is 8.21. The van der Waals surface area contributed by atoms with Crippen LogP contribution in [-0.2, 0) is 14.8 Å². The van der Waals surface area contributed by atoms with Crippen LogP contribution in [0.2, 0.25) is 0 Å². The molecule has 2 saturated heterocycles. The summed E-state index contributed by atoms with van der Waals surface area (Å²) in [6, 6.07) is 6.82. The summed E-state index contributed by atoms with van der Waals surface area (Å²) in [5, 5.41) is 3.94. The lowest BCUT2D eigenvalue weighted by molar-refractivity contribution is 0.0730. The van der Waals surface area contributed by atoms with Gasteiger partial charge in [-0.1, -0.05) is 13.8 Å². The maximum Gasteiger partial charge on any atom is 0.243 e. The molecule has 144 valence electrons. The molecule has 0 bridgehead atoms. The third-order valence-corrected chi connectivity index (χ3v) is 7.14. The number of sulfonamides is 1. The SMILES string of the molecule is CC1CC(C)CN(C(=S)Nc2ccc(S(=O)(=O)N3CCOCC3)cc2)C1. The molecule has 2 aliphatic rings. The summed E-state index contributed by atoms with van der Waals surface area (Å²) in [5.41, 5.74) is 0.807. The molecule has 8 heteroatoms. The highest BCUT2D eigenvalue weighted by molar-refractivity contribution is 7.89. The number of benzene rings is 1. The van der Waals surface area contributed by atoms with Crippen molar-refractivity contribution in [2.24, 2.45) is 11.8 Å². The van der Waals surface area contributed by atoms with Crippen LogP contribution >= 0.6 is 12.2 Å². The summed E-state index contributed by atoms with van der Waals surface area (Å²) in [5.74, 6) is 1.25. The van der Waals surface area contributed by atoms with Crippen LogP contribution in [0.4, 0.5) is 5.69 Å². The molecule has 2 atom stereocenters. The lowest BCUT2D eigenvalue weighted by Gasteiger charge is -2.36. The van der Waals surface area contributed by atoms with E-state index in [1.54, 1.807) is 24.3 Å². The molecule has 3 rings (SSSR count). The second-order valence-electron chi connectivity index (χ2n) is 7.32. The maximum absolute atomic E-state index is 12.7. The highest BCUT2D eigenvalue weighted by atomic mass is 32.2. The molecule has 0 amide bonds. The molecule has 6 nitrogen and oxygen atoms in total. The van der Waals surface area contributed by atoms with E-state index in [1.165, 1.54) is 10.7 Å². The number of hydrogen-bond acceptors (Lipinski definition) is 4. The van der Waals surface area contributed by atoms with Gasteiger partial charge in [-0.15, -0.1) is 0 Å². The molecule has 0 aromatic heterocycles. The van der Waals surface area contributed by atoms with Gasteiger partial charge in [0.1, 0.15) is 0 Å². The van der Waals surface area contributed by atoms with Crippen LogP contribution in [0.15, 0.2) is 29.2 Å². The molecular weight excluding hydrogens is 370 g/mol. The first kappa shape index (κ1) is 19.5. The van der Waals surface area contributed by atoms with E-state index >= 15 is 0 Å². The first-order valence-electron chi connectivity index (χ1n) is 9.10. The minimum atomic E-state index is -3.46. The number of ether oxygens (including phenoxy) is 1. The molecule has 0 aliphatic carbocycles. The number of rotatable bonds is 3. The van der Waals surface area contributed by atoms with E-state index in [4.69, 9.17) is 17.0 Å². The first-order valence-corrected chi connectivity index (χ1v) is 10.9. The van der Waals surface area contributed by atoms with Crippen molar-refractivity contribution in [2.75, 3.05) is 44.7 Å². The number of hydrogen-bond donors (Lipinski definition) is 1. The van der Waals surface area contributed by atoms with Gasteiger partial charge in [0.25, 0.3) is 0 Å². The topological polar surface area (TPSA) is 61.9 Å². The largest absolute Gasteiger partial charge is 0.379 e. The van der Waals surface area contributed by atoms with Crippen LogP contribution in [0.3, 0.4) is 0 Å². The monoisotopic (exact) mass is 397 g/mol. The normalized spacial score (nSPS) is 25.1. The molecule has 2 unspecified atom stereocenters. The van der Waals surface area contributed by atoms with Crippen molar-refractivity contribution in [3.63, 3.8) is 0 Å². The van der Waals surface area contributed by atoms with Gasteiger partial charge in [-0.3, -0.25) is 0 Å². The van der Waals surface area contributed by atoms with Gasteiger partial charge in [0.2, 0.25) is 10.0 Å². The highest BCUT2D eigenvalue weighted by Gasteiger charge is 2.26. The summed E-state index contributed by atoms with van der Waals surface area (Å²) in [7, 11) is -3.46. The number of thiocarbonyl (C=S) groups is 1. The molecule has 26 heavy (non-hydrogen) atoms. The molecule has 0 saturated carbocycles. The van der Waals surface area contributed by atoms with E-state index < -0.39 is 10.0 Å². The van der Waals surface area contributed by atoms with Gasteiger partial charge in [0, 0.05) is 31.9 Å². The van der Waals surface area contributed by atoms with Gasteiger partial charge in [-0.05, 0) is 54.7 Å². The van der Waals surface area contributed by atoms with Crippen LogP contribution < -0.4 is 5.32 Å². The van der Waals surface area contributed by atoms with E-state index in [0.717, 1.165) is 18.8 Å². The molecule has 2 heterocycles. The Morgan fingerprint density at radius 3 is 2.27 bits per heavy atom. The zero-order chi connectivity index (χ0) is 18.7. The molecule has 1 aromatic carbocycles. The molecule has 1 aromatic rings. The quantitative estimate of drug-likeness (QED) is 0.790. The molecule has 0 radical (unpaired) electrons. The van der Waals surface area contributed by atoms with E-state index in [9.17, 15) is 8.42 Å². The van der Waals surface area contributed by atoms with Gasteiger partial charge in [-0.25, -0.2) is 8.42 Å². The number of nitrogens with one attached hydrogen (secondary N) is 1. The van der Waals surface area contributed by atoms with Crippen LogP contribution in [0.5, 0.6) is 0 Å². The smallest absolute Gasteiger partial charge is 0.243 e. The molecular formula is C18H27N3O3S2. The average molecular weight is 398 g/mol. The summed E-state index contributed by atoms with van der Waals surface area (Å²) in [4.78, 5) is 2.50. The van der Waals surface area contributed by atoms with Crippen molar-refractivity contribution >= 4 is 33.0 Å². The van der Waals surface area contributed by atoms with E-state index in [-0.39, 0.29) is 0 Å². The van der Waals surface area contributed by atoms with Crippen LogP contribution in [0.25, 0.3) is 0 Å². The Bertz CT molecular complexity index is 721. The molecule has 2 aliphatic heterocycles. The van der Waals surface area contributed by atoms with E-state index in [1.807, 2.05) is 0 Å². The standard InChI is InChI=1S/C18H27N3O3S2/c1-14-11-15(2)13-20(12-14)18(25)19-16-3-5-17(6-4-16)26(22,23)21-7-9-24-10-8-21/h3-6,14-15H,7-13H2,1-2H3,(H,19,25). The minimum absolute atomic E-state index is 0.302. The fraction of sp³-hybridized carbons (Fsp3) is 0.611. The van der Waals surface area contributed by atoms with E-state index in [2.05, 4.69) is 24.1 Å². The zero-order valence-corrected chi connectivity index (χ0v) is 17.0. The molecule has 1 N–H and O–H groups in total. The predicted octanol–water partition coefficient (Wildman–Crippen LogP) is 2.38. The van der Waals surface area contributed by atoms with Crippen molar-refractivity contribution in [1.82, 2.24) is 9.21 Å². The lowest BCUT2D eigenvalue weighted by atomic mass is 9.92. The van der Waals surface area contributed by atoms with Gasteiger partial charge >= 0.3 is 0 Å². The van der Waals surface area contributed by atoms with E-state index in [0.29, 0.717) is 48.1 Å². The number of piperidine rings is 1. The fourth-order valence-corrected chi connectivity index (χ4v) is 5.35. The molecule has 2 fully saturated rings. The third kappa shape index (κ3) is 4.54. The summed E-state index contributed by atoms with van der Waals surface area (Å²) in [6.07, 6.45) is 1.23. The Hall–Kier alpha value is -1.22. The van der Waals surface area contributed by atoms with Gasteiger partial charge < -0.3 is 15.0 Å². The summed E-state index contributed by atoms with van der Waals surface area (Å²) in [6.45, 7) is 8.10. The Labute approximate surface area is 161 Å². The highest BCUT2D eigenvalue weighted by Crippen LogP contribution is 2.23. The van der Waals surface area contributed by atoms with Crippen LogP contribution in [-0.4, -0.2) is 62.1 Å². The summed E-state index contributed by atoms with van der Waals surface area (Å²) < 4.78 is 32.0. The van der Waals surface area contributed by atoms with Crippen molar-refractivity contribution in [3.05, 3.63) is 24.3 Å². The van der Waals surface area contributed by atoms with Crippen molar-refractivity contribution in [1.29, 1.82) is 0 Å². The number of likely N-dealkylation sites (tertiary alicyclic amines) is 1. The number of anilines is 1. The third-order valence-electron chi connectivity index (χ3n) is 4.87. The number of nitrogens with zero attached hydrogens (tertiary/aromatic N) is 2. The molecule has 0 spiro atoms. The van der Waals surface area contributed by atoms with Crippen molar-refractivity contribution < 1.29 is 13.2 Å². The second-order valence-corrected chi connectivity index (χ2v) is 9.65. The van der Waals surface area contributed by atoms with Gasteiger partial charge in [-0.2, -0.15) is 4.31 Å². The predicted molar refractivity (Wildman–Crippen MR) is 107 cm³/mol.